The Morgan fingerprint density at radius 2 is 2.00 bits per heavy atom. The molecule has 2 aliphatic rings. The second-order valence-corrected chi connectivity index (χ2v) is 11.7. The minimum Gasteiger partial charge on any atom is -0.377 e. The zero-order chi connectivity index (χ0) is 26.3. The summed E-state index contributed by atoms with van der Waals surface area (Å²) in [5.74, 6) is -0.0353. The Balaban J connectivity index is 1.51. The molecule has 5 rings (SSSR count). The maximum absolute atomic E-state index is 14.7. The number of ether oxygens (including phenoxy) is 1. The van der Waals surface area contributed by atoms with Crippen LogP contribution in [-0.2, 0) is 21.5 Å². The Morgan fingerprint density at radius 3 is 2.65 bits per heavy atom. The molecule has 2 aliphatic heterocycles. The normalized spacial score (nSPS) is 21.0. The van der Waals surface area contributed by atoms with Gasteiger partial charge in [-0.15, -0.1) is 0 Å². The van der Waals surface area contributed by atoms with Gasteiger partial charge >= 0.3 is 0 Å². The van der Waals surface area contributed by atoms with E-state index in [2.05, 4.69) is 19.6 Å². The summed E-state index contributed by atoms with van der Waals surface area (Å²) in [5.41, 5.74) is 0.700. The van der Waals surface area contributed by atoms with Gasteiger partial charge in [0, 0.05) is 23.9 Å². The number of anilines is 1. The largest absolute Gasteiger partial charge is 0.377 e. The molecular weight excluding hydrogens is 507 g/mol. The molecule has 0 bridgehead atoms. The first kappa shape index (κ1) is 25.4. The fourth-order valence-corrected chi connectivity index (χ4v) is 6.57. The second kappa shape index (κ2) is 9.90. The number of allylic oxidation sites excluding steroid dienone is 1. The molecule has 0 radical (unpaired) electrons. The monoisotopic (exact) mass is 533 g/mol. The Kier molecular flexibility index (Phi) is 6.80. The molecule has 12 heteroatoms. The molecule has 37 heavy (non-hydrogen) atoms. The number of nitrogens with zero attached hydrogens (tertiary/aromatic N) is 4. The summed E-state index contributed by atoms with van der Waals surface area (Å²) >= 11 is 0. The van der Waals surface area contributed by atoms with Crippen LogP contribution in [0, 0.1) is 5.82 Å². The Hall–Kier alpha value is -3.25. The molecule has 1 N–H and O–H groups in total. The van der Waals surface area contributed by atoms with Gasteiger partial charge in [0.05, 0.1) is 45.7 Å². The molecular formula is C25H26F3N5O3S. The van der Waals surface area contributed by atoms with E-state index in [0.717, 1.165) is 11.6 Å². The zero-order valence-electron chi connectivity index (χ0n) is 20.3. The van der Waals surface area contributed by atoms with Gasteiger partial charge in [0.1, 0.15) is 29.7 Å². The van der Waals surface area contributed by atoms with Gasteiger partial charge in [-0.1, -0.05) is 24.3 Å². The van der Waals surface area contributed by atoms with Crippen LogP contribution in [0.2, 0.25) is 0 Å². The van der Waals surface area contributed by atoms with Gasteiger partial charge in [-0.3, -0.25) is 9.36 Å². The van der Waals surface area contributed by atoms with E-state index < -0.39 is 33.6 Å². The highest BCUT2D eigenvalue weighted by Gasteiger charge is 2.25. The summed E-state index contributed by atoms with van der Waals surface area (Å²) < 4.78 is 65.2. The first-order chi connectivity index (χ1) is 17.7. The first-order valence-corrected chi connectivity index (χ1v) is 13.7. The van der Waals surface area contributed by atoms with E-state index in [1.165, 1.54) is 23.0 Å². The highest BCUT2D eigenvalue weighted by Crippen LogP contribution is 2.31. The molecule has 0 aliphatic carbocycles. The molecule has 2 atom stereocenters. The molecule has 8 nitrogen and oxygen atoms in total. The van der Waals surface area contributed by atoms with Crippen LogP contribution in [0.25, 0.3) is 16.6 Å². The van der Waals surface area contributed by atoms with Crippen molar-refractivity contribution in [3.05, 3.63) is 69.5 Å². The molecule has 2 aromatic heterocycles. The third-order valence-corrected chi connectivity index (χ3v) is 8.92. The summed E-state index contributed by atoms with van der Waals surface area (Å²) in [6.07, 6.45) is 0.581. The van der Waals surface area contributed by atoms with E-state index in [1.807, 2.05) is 6.08 Å². The minimum absolute atomic E-state index is 0.0324. The van der Waals surface area contributed by atoms with E-state index in [4.69, 9.17) is 4.74 Å². The minimum atomic E-state index is -2.93. The molecule has 0 spiro atoms. The molecule has 1 fully saturated rings. The molecule has 3 aromatic rings. The lowest BCUT2D eigenvalue weighted by molar-refractivity contribution is 0.0140. The van der Waals surface area contributed by atoms with Crippen LogP contribution in [0.1, 0.15) is 42.5 Å². The van der Waals surface area contributed by atoms with Crippen molar-refractivity contribution in [3.8, 4) is 0 Å². The van der Waals surface area contributed by atoms with Gasteiger partial charge in [-0.25, -0.2) is 31.7 Å². The number of hydrogen-bond donors (Lipinski definition) is 1. The van der Waals surface area contributed by atoms with Gasteiger partial charge in [-0.05, 0) is 25.0 Å². The summed E-state index contributed by atoms with van der Waals surface area (Å²) in [5, 5.41) is 3.60. The van der Waals surface area contributed by atoms with Crippen LogP contribution in [-0.4, -0.2) is 49.5 Å². The van der Waals surface area contributed by atoms with E-state index >= 15 is 0 Å². The SMILES string of the molecule is C[C@@H](Nc1ncnc2c1cc(C1=CCS(=O)(=NC3COC3)CC1)c(=O)n2C)c1cccc(C(F)F)c1F. The topological polar surface area (TPSA) is 98.5 Å². The number of nitrogens with one attached hydrogen (secondary N) is 1. The number of hydrogen-bond acceptors (Lipinski definition) is 7. The summed E-state index contributed by atoms with van der Waals surface area (Å²) in [6.45, 7) is 2.62. The fourth-order valence-electron chi connectivity index (χ4n) is 4.55. The lowest BCUT2D eigenvalue weighted by atomic mass is 10.0. The van der Waals surface area contributed by atoms with E-state index in [-0.39, 0.29) is 22.9 Å². The van der Waals surface area contributed by atoms with Crippen LogP contribution in [0.4, 0.5) is 19.0 Å². The van der Waals surface area contributed by atoms with Gasteiger partial charge < -0.3 is 10.1 Å². The third-order valence-electron chi connectivity index (χ3n) is 6.71. The molecule has 0 amide bonds. The van der Waals surface area contributed by atoms with Crippen molar-refractivity contribution in [1.29, 1.82) is 0 Å². The molecule has 4 heterocycles. The van der Waals surface area contributed by atoms with E-state index in [0.29, 0.717) is 47.8 Å². The van der Waals surface area contributed by atoms with E-state index in [1.54, 1.807) is 20.0 Å². The van der Waals surface area contributed by atoms with Gasteiger partial charge in [0.25, 0.3) is 12.0 Å². The summed E-state index contributed by atoms with van der Waals surface area (Å²) in [6, 6.07) is 4.82. The fraction of sp³-hybridized carbons (Fsp3) is 0.400. The Labute approximate surface area is 211 Å². The van der Waals surface area contributed by atoms with Gasteiger partial charge in [-0.2, -0.15) is 0 Å². The molecule has 1 aromatic carbocycles. The highest BCUT2D eigenvalue weighted by atomic mass is 32.2. The van der Waals surface area contributed by atoms with Crippen molar-refractivity contribution >= 4 is 32.2 Å². The van der Waals surface area contributed by atoms with Crippen molar-refractivity contribution in [1.82, 2.24) is 14.5 Å². The van der Waals surface area contributed by atoms with Crippen LogP contribution in [0.3, 0.4) is 0 Å². The predicted octanol–water partition coefficient (Wildman–Crippen LogP) is 4.23. The smallest absolute Gasteiger partial charge is 0.266 e. The average Bonchev–Trinajstić information content (AvgIpc) is 2.84. The van der Waals surface area contributed by atoms with Gasteiger partial charge in [0.15, 0.2) is 0 Å². The van der Waals surface area contributed by atoms with Gasteiger partial charge in [0.2, 0.25) is 0 Å². The third kappa shape index (κ3) is 4.87. The van der Waals surface area contributed by atoms with Crippen molar-refractivity contribution in [2.45, 2.75) is 31.9 Å². The maximum Gasteiger partial charge on any atom is 0.266 e. The molecule has 1 saturated heterocycles. The summed E-state index contributed by atoms with van der Waals surface area (Å²) in [4.78, 5) is 21.7. The first-order valence-electron chi connectivity index (χ1n) is 11.8. The number of rotatable bonds is 6. The zero-order valence-corrected chi connectivity index (χ0v) is 21.1. The number of alkyl halides is 2. The average molecular weight is 534 g/mol. The second-order valence-electron chi connectivity index (χ2n) is 9.22. The highest BCUT2D eigenvalue weighted by molar-refractivity contribution is 7.93. The lowest BCUT2D eigenvalue weighted by Crippen LogP contribution is -2.34. The Morgan fingerprint density at radius 1 is 1.24 bits per heavy atom. The van der Waals surface area contributed by atoms with Crippen molar-refractivity contribution in [3.63, 3.8) is 0 Å². The molecule has 196 valence electrons. The van der Waals surface area contributed by atoms with Crippen molar-refractivity contribution < 1.29 is 22.1 Å². The predicted molar refractivity (Wildman–Crippen MR) is 136 cm³/mol. The number of pyridine rings is 1. The number of aryl methyl sites for hydroxylation is 1. The lowest BCUT2D eigenvalue weighted by Gasteiger charge is -2.25. The summed E-state index contributed by atoms with van der Waals surface area (Å²) in [7, 11) is -0.796. The number of aromatic nitrogens is 3. The van der Waals surface area contributed by atoms with Crippen LogP contribution in [0.5, 0.6) is 0 Å². The van der Waals surface area contributed by atoms with Crippen molar-refractivity contribution in [2.75, 3.05) is 30.0 Å². The quantitative estimate of drug-likeness (QED) is 0.509. The van der Waals surface area contributed by atoms with Crippen molar-refractivity contribution in [2.24, 2.45) is 11.4 Å². The van der Waals surface area contributed by atoms with Crippen LogP contribution >= 0.6 is 0 Å². The Bertz CT molecular complexity index is 1580. The molecule has 1 unspecified atom stereocenters. The number of halogens is 3. The molecule has 0 saturated carbocycles. The number of benzene rings is 1. The standard InChI is InChI=1S/C25H26F3N5O3S/c1-14(17-4-3-5-18(21(17)26)22(27)28)31-23-20-10-19(25(34)33(2)24(20)30-13-29-23)15-6-8-37(35,9-7-15)32-16-11-36-12-16/h3-6,10,13-14,16,22H,7-9,11-12H2,1-2H3,(H,29,30,31)/t14-,37?/m1/s1. The van der Waals surface area contributed by atoms with Crippen LogP contribution in [0.15, 0.2) is 45.8 Å². The van der Waals surface area contributed by atoms with Crippen LogP contribution < -0.4 is 10.9 Å². The van der Waals surface area contributed by atoms with E-state index in [9.17, 15) is 22.2 Å². The maximum atomic E-state index is 14.7. The number of fused-ring (bicyclic) bond motifs is 1.